The highest BCUT2D eigenvalue weighted by Gasteiger charge is 2.45. The van der Waals surface area contributed by atoms with Gasteiger partial charge in [-0.3, -0.25) is 10.00 Å². The first-order chi connectivity index (χ1) is 9.64. The van der Waals surface area contributed by atoms with E-state index in [-0.39, 0.29) is 0 Å². The molecule has 20 heavy (non-hydrogen) atoms. The van der Waals surface area contributed by atoms with Crippen LogP contribution in [0.4, 0.5) is 0 Å². The van der Waals surface area contributed by atoms with Gasteiger partial charge in [0.1, 0.15) is 0 Å². The van der Waals surface area contributed by atoms with Gasteiger partial charge in [0, 0.05) is 25.6 Å². The monoisotopic (exact) mass is 297 g/mol. The van der Waals surface area contributed by atoms with Crippen LogP contribution in [0.25, 0.3) is 0 Å². The molecule has 1 aromatic rings. The van der Waals surface area contributed by atoms with E-state index in [0.717, 1.165) is 36.0 Å². The lowest BCUT2D eigenvalue weighted by atomic mass is 9.76. The van der Waals surface area contributed by atoms with Crippen molar-refractivity contribution in [3.63, 3.8) is 0 Å². The lowest BCUT2D eigenvalue weighted by molar-refractivity contribution is -0.0368. The van der Waals surface area contributed by atoms with Crippen molar-refractivity contribution in [2.75, 3.05) is 20.2 Å². The summed E-state index contributed by atoms with van der Waals surface area (Å²) in [6.45, 7) is 5.07. The number of aromatic amines is 1. The molecular formula is C15H24ClN3O. The van der Waals surface area contributed by atoms with Gasteiger partial charge in [-0.15, -0.1) is 0 Å². The van der Waals surface area contributed by atoms with Crippen LogP contribution in [-0.2, 0) is 11.3 Å². The second-order valence-electron chi connectivity index (χ2n) is 6.40. The highest BCUT2D eigenvalue weighted by Crippen LogP contribution is 2.46. The second kappa shape index (κ2) is 5.66. The van der Waals surface area contributed by atoms with E-state index >= 15 is 0 Å². The Balaban J connectivity index is 1.71. The van der Waals surface area contributed by atoms with Gasteiger partial charge in [-0.2, -0.15) is 5.10 Å². The number of H-pyrrole nitrogens is 1. The molecule has 3 rings (SSSR count). The maximum atomic E-state index is 6.29. The Kier molecular flexibility index (Phi) is 4.07. The summed E-state index contributed by atoms with van der Waals surface area (Å²) >= 11 is 6.29. The van der Waals surface area contributed by atoms with Gasteiger partial charge in [0.2, 0.25) is 0 Å². The fourth-order valence-electron chi connectivity index (χ4n) is 4.12. The van der Waals surface area contributed by atoms with E-state index in [9.17, 15) is 0 Å². The molecule has 1 spiro atoms. The summed E-state index contributed by atoms with van der Waals surface area (Å²) in [5.74, 6) is 0. The van der Waals surface area contributed by atoms with Gasteiger partial charge in [-0.25, -0.2) is 0 Å². The van der Waals surface area contributed by atoms with Gasteiger partial charge < -0.3 is 4.74 Å². The molecule has 4 nitrogen and oxygen atoms in total. The fourth-order valence-corrected chi connectivity index (χ4v) is 4.26. The molecule has 2 heterocycles. The predicted molar refractivity (Wildman–Crippen MR) is 79.9 cm³/mol. The van der Waals surface area contributed by atoms with E-state index in [2.05, 4.69) is 15.1 Å². The van der Waals surface area contributed by atoms with Gasteiger partial charge >= 0.3 is 0 Å². The van der Waals surface area contributed by atoms with Crippen molar-refractivity contribution in [3.05, 3.63) is 16.4 Å². The first-order valence-corrected chi connectivity index (χ1v) is 7.97. The van der Waals surface area contributed by atoms with Crippen LogP contribution in [-0.4, -0.2) is 41.4 Å². The van der Waals surface area contributed by atoms with E-state index in [0.29, 0.717) is 11.5 Å². The minimum absolute atomic E-state index is 0.366. The minimum Gasteiger partial charge on any atom is -0.381 e. The number of piperidine rings is 1. The van der Waals surface area contributed by atoms with Crippen LogP contribution in [0.3, 0.4) is 0 Å². The van der Waals surface area contributed by atoms with Crippen LogP contribution in [0.15, 0.2) is 0 Å². The molecule has 1 saturated heterocycles. The van der Waals surface area contributed by atoms with Gasteiger partial charge in [-0.1, -0.05) is 18.0 Å². The molecule has 5 heteroatoms. The van der Waals surface area contributed by atoms with Crippen molar-refractivity contribution in [2.45, 2.75) is 51.7 Å². The molecule has 0 unspecified atom stereocenters. The largest absolute Gasteiger partial charge is 0.381 e. The summed E-state index contributed by atoms with van der Waals surface area (Å²) < 4.78 is 5.76. The Labute approximate surface area is 125 Å². The molecule has 1 aromatic heterocycles. The zero-order valence-corrected chi connectivity index (χ0v) is 13.2. The average molecular weight is 298 g/mol. The number of ether oxygens (including phenoxy) is 1. The zero-order chi connectivity index (χ0) is 14.2. The zero-order valence-electron chi connectivity index (χ0n) is 12.4. The van der Waals surface area contributed by atoms with Crippen molar-refractivity contribution in [2.24, 2.45) is 5.41 Å². The molecule has 2 aliphatic rings. The van der Waals surface area contributed by atoms with E-state index < -0.39 is 0 Å². The average Bonchev–Trinajstić information content (AvgIpc) is 2.97. The number of methoxy groups -OCH3 is 1. The Morgan fingerprint density at radius 1 is 1.45 bits per heavy atom. The Hall–Kier alpha value is -0.580. The number of likely N-dealkylation sites (tertiary alicyclic amines) is 1. The molecule has 0 radical (unpaired) electrons. The topological polar surface area (TPSA) is 41.1 Å². The molecule has 1 saturated carbocycles. The molecule has 1 N–H and O–H groups in total. The number of halogens is 1. The lowest BCUT2D eigenvalue weighted by Gasteiger charge is -2.43. The lowest BCUT2D eigenvalue weighted by Crippen LogP contribution is -2.47. The molecule has 0 aromatic carbocycles. The van der Waals surface area contributed by atoms with Gasteiger partial charge in [0.05, 0.1) is 22.5 Å². The molecule has 0 amide bonds. The summed E-state index contributed by atoms with van der Waals surface area (Å²) in [7, 11) is 1.87. The normalized spacial score (nSPS) is 31.2. The van der Waals surface area contributed by atoms with Crippen LogP contribution in [0.5, 0.6) is 0 Å². The second-order valence-corrected chi connectivity index (χ2v) is 6.78. The minimum atomic E-state index is 0.366. The third-order valence-corrected chi connectivity index (χ3v) is 5.61. The summed E-state index contributed by atoms with van der Waals surface area (Å²) in [6, 6.07) is 0. The number of aromatic nitrogens is 2. The van der Waals surface area contributed by atoms with E-state index in [1.807, 2.05) is 14.0 Å². The number of nitrogens with zero attached hydrogens (tertiary/aromatic N) is 2. The van der Waals surface area contributed by atoms with Gasteiger partial charge in [-0.05, 0) is 39.2 Å². The standard InChI is InChI=1S/C15H24ClN3O/c1-11-14(16)12(18-17-11)9-19-8-4-7-15(10-19)6-3-5-13(15)20-2/h13H,3-10H2,1-2H3,(H,17,18)/t13-,15+/m1/s1. The molecule has 0 bridgehead atoms. The number of hydrogen-bond donors (Lipinski definition) is 1. The molecule has 2 fully saturated rings. The SMILES string of the molecule is CO[C@@H]1CCC[C@@]12CCCN(Cc1n[nH]c(C)c1Cl)C2. The Morgan fingerprint density at radius 3 is 2.95 bits per heavy atom. The first kappa shape index (κ1) is 14.4. The van der Waals surface area contributed by atoms with Crippen molar-refractivity contribution in [1.29, 1.82) is 0 Å². The highest BCUT2D eigenvalue weighted by molar-refractivity contribution is 6.31. The van der Waals surface area contributed by atoms with E-state index in [4.69, 9.17) is 16.3 Å². The van der Waals surface area contributed by atoms with Crippen LogP contribution >= 0.6 is 11.6 Å². The smallest absolute Gasteiger partial charge is 0.0951 e. The van der Waals surface area contributed by atoms with Gasteiger partial charge in [0.25, 0.3) is 0 Å². The number of aryl methyl sites for hydroxylation is 1. The third kappa shape index (κ3) is 2.49. The van der Waals surface area contributed by atoms with Crippen LogP contribution in [0.1, 0.15) is 43.5 Å². The molecule has 1 aliphatic carbocycles. The van der Waals surface area contributed by atoms with Crippen LogP contribution in [0.2, 0.25) is 5.02 Å². The van der Waals surface area contributed by atoms with Crippen LogP contribution in [0, 0.1) is 12.3 Å². The van der Waals surface area contributed by atoms with Crippen molar-refractivity contribution in [3.8, 4) is 0 Å². The highest BCUT2D eigenvalue weighted by atomic mass is 35.5. The third-order valence-electron chi connectivity index (χ3n) is 5.11. The van der Waals surface area contributed by atoms with E-state index in [1.165, 1.54) is 32.1 Å². The summed E-state index contributed by atoms with van der Waals surface area (Å²) in [5, 5.41) is 8.10. The molecule has 112 valence electrons. The quantitative estimate of drug-likeness (QED) is 0.932. The first-order valence-electron chi connectivity index (χ1n) is 7.59. The van der Waals surface area contributed by atoms with Crippen LogP contribution < -0.4 is 0 Å². The summed E-state index contributed by atoms with van der Waals surface area (Å²) in [4.78, 5) is 2.50. The molecule has 2 atom stereocenters. The summed E-state index contributed by atoms with van der Waals surface area (Å²) in [6.07, 6.45) is 6.80. The Morgan fingerprint density at radius 2 is 2.25 bits per heavy atom. The predicted octanol–water partition coefficient (Wildman–Crippen LogP) is 3.15. The van der Waals surface area contributed by atoms with Crippen molar-refractivity contribution >= 4 is 11.6 Å². The fraction of sp³-hybridized carbons (Fsp3) is 0.800. The van der Waals surface area contributed by atoms with Crippen molar-refractivity contribution < 1.29 is 4.74 Å². The number of hydrogen-bond acceptors (Lipinski definition) is 3. The van der Waals surface area contributed by atoms with Gasteiger partial charge in [0.15, 0.2) is 0 Å². The summed E-state index contributed by atoms with van der Waals surface area (Å²) in [5.41, 5.74) is 2.31. The van der Waals surface area contributed by atoms with E-state index in [1.54, 1.807) is 0 Å². The molecule has 1 aliphatic heterocycles. The molecular weight excluding hydrogens is 274 g/mol. The van der Waals surface area contributed by atoms with Crippen molar-refractivity contribution in [1.82, 2.24) is 15.1 Å². The number of rotatable bonds is 3. The maximum Gasteiger partial charge on any atom is 0.0951 e. The number of nitrogens with one attached hydrogen (secondary N) is 1. The Bertz CT molecular complexity index is 476. The maximum absolute atomic E-state index is 6.29.